The second kappa shape index (κ2) is 15.0. The third-order valence-electron chi connectivity index (χ3n) is 7.24. The normalized spacial score (nSPS) is 14.5. The molecule has 0 saturated heterocycles. The minimum atomic E-state index is -0.797. The van der Waals surface area contributed by atoms with Gasteiger partial charge in [-0.2, -0.15) is 0 Å². The number of halogens is 1. The fourth-order valence-corrected chi connectivity index (χ4v) is 6.89. The second-order valence-electron chi connectivity index (χ2n) is 10.9. The maximum absolute atomic E-state index is 14.2. The highest BCUT2D eigenvalue weighted by molar-refractivity contribution is 9.10. The highest BCUT2D eigenvalue weighted by Gasteiger charge is 2.34. The van der Waals surface area contributed by atoms with Gasteiger partial charge in [0.25, 0.3) is 5.56 Å². The Morgan fingerprint density at radius 3 is 2.47 bits per heavy atom. The van der Waals surface area contributed by atoms with Gasteiger partial charge in [0.15, 0.2) is 27.8 Å². The SMILES string of the molecule is CCOC(=O)C1=C(C)N=c2s/c(=C\c3cc(Br)c(OCc4ccccc4)c(OCC)c3)c(=O)n2[C@H]1c1ccc(OC(C)C)c(OC)c1. The van der Waals surface area contributed by atoms with E-state index in [0.717, 1.165) is 11.1 Å². The molecule has 0 saturated carbocycles. The Bertz CT molecular complexity index is 1980. The van der Waals surface area contributed by atoms with Gasteiger partial charge in [-0.15, -0.1) is 0 Å². The van der Waals surface area contributed by atoms with Gasteiger partial charge in [-0.1, -0.05) is 47.7 Å². The van der Waals surface area contributed by atoms with Crippen molar-refractivity contribution in [3.63, 3.8) is 0 Å². The number of allylic oxidation sites excluding steroid dienone is 1. The number of benzene rings is 3. The number of aromatic nitrogens is 1. The highest BCUT2D eigenvalue weighted by Crippen LogP contribution is 2.39. The molecule has 9 nitrogen and oxygen atoms in total. The number of carbonyl (C=O) groups excluding carboxylic acids is 1. The summed E-state index contributed by atoms with van der Waals surface area (Å²) >= 11 is 4.89. The molecular weight excluding hydrogens is 684 g/mol. The topological polar surface area (TPSA) is 97.6 Å². The molecule has 0 amide bonds. The fourth-order valence-electron chi connectivity index (χ4n) is 5.27. The van der Waals surface area contributed by atoms with Crippen molar-refractivity contribution in [1.82, 2.24) is 4.57 Å². The zero-order valence-electron chi connectivity index (χ0n) is 27.2. The summed E-state index contributed by atoms with van der Waals surface area (Å²) < 4.78 is 31.8. The average molecular weight is 722 g/mol. The number of carbonyl (C=O) groups is 1. The molecule has 0 spiro atoms. The summed E-state index contributed by atoms with van der Waals surface area (Å²) in [7, 11) is 1.55. The van der Waals surface area contributed by atoms with E-state index >= 15 is 0 Å². The summed E-state index contributed by atoms with van der Waals surface area (Å²) in [5.41, 5.74) is 2.87. The van der Waals surface area contributed by atoms with Gasteiger partial charge in [0.2, 0.25) is 0 Å². The van der Waals surface area contributed by atoms with E-state index in [1.54, 1.807) is 43.7 Å². The van der Waals surface area contributed by atoms with Gasteiger partial charge in [-0.3, -0.25) is 9.36 Å². The number of nitrogens with zero attached hydrogens (tertiary/aromatic N) is 2. The number of fused-ring (bicyclic) bond motifs is 1. The lowest BCUT2D eigenvalue weighted by molar-refractivity contribution is -0.139. The van der Waals surface area contributed by atoms with Crippen LogP contribution in [0, 0.1) is 0 Å². The Morgan fingerprint density at radius 2 is 1.79 bits per heavy atom. The molecule has 11 heteroatoms. The summed E-state index contributed by atoms with van der Waals surface area (Å²) in [6, 6.07) is 18.2. The van der Waals surface area contributed by atoms with E-state index in [9.17, 15) is 9.59 Å². The van der Waals surface area contributed by atoms with E-state index in [2.05, 4.69) is 15.9 Å². The smallest absolute Gasteiger partial charge is 0.338 e. The lowest BCUT2D eigenvalue weighted by Gasteiger charge is -2.25. The summed E-state index contributed by atoms with van der Waals surface area (Å²) in [6.45, 7) is 10.2. The van der Waals surface area contributed by atoms with Crippen molar-refractivity contribution in [1.29, 1.82) is 0 Å². The van der Waals surface area contributed by atoms with Crippen molar-refractivity contribution in [2.45, 2.75) is 53.4 Å². The highest BCUT2D eigenvalue weighted by atomic mass is 79.9. The molecule has 246 valence electrons. The largest absolute Gasteiger partial charge is 0.493 e. The standard InChI is InChI=1S/C36H37BrN2O7S/c1-7-43-29-17-24(16-26(37)33(29)45-20-23-12-10-9-11-13-23)18-30-34(40)39-32(25-14-15-27(46-21(3)4)28(19-25)42-6)31(35(41)44-8-2)22(5)38-36(39)47-30/h9-19,21,32H,7-8,20H2,1-6H3/b30-18-/t32-/m0/s1. The van der Waals surface area contributed by atoms with Crippen molar-refractivity contribution in [2.75, 3.05) is 20.3 Å². The van der Waals surface area contributed by atoms with E-state index in [0.29, 0.717) is 61.3 Å². The van der Waals surface area contributed by atoms with E-state index in [1.165, 1.54) is 11.3 Å². The van der Waals surface area contributed by atoms with Crippen LogP contribution in [-0.4, -0.2) is 37.0 Å². The molecule has 1 aliphatic rings. The molecule has 3 aromatic carbocycles. The number of hydrogen-bond donors (Lipinski definition) is 0. The molecule has 1 aromatic heterocycles. The van der Waals surface area contributed by atoms with Crippen LogP contribution in [0.5, 0.6) is 23.0 Å². The van der Waals surface area contributed by atoms with Crippen molar-refractivity contribution < 1.29 is 28.5 Å². The molecule has 0 fully saturated rings. The number of thiazole rings is 1. The number of methoxy groups -OCH3 is 1. The van der Waals surface area contributed by atoms with Gasteiger partial charge < -0.3 is 23.7 Å². The zero-order chi connectivity index (χ0) is 33.7. The van der Waals surface area contributed by atoms with Crippen molar-refractivity contribution in [2.24, 2.45) is 4.99 Å². The van der Waals surface area contributed by atoms with Gasteiger partial charge in [0.1, 0.15) is 6.61 Å². The Balaban J connectivity index is 1.61. The predicted octanol–water partition coefficient (Wildman–Crippen LogP) is 6.33. The summed E-state index contributed by atoms with van der Waals surface area (Å²) in [5.74, 6) is 1.63. The van der Waals surface area contributed by atoms with Gasteiger partial charge in [0.05, 0.1) is 52.7 Å². The van der Waals surface area contributed by atoms with Crippen LogP contribution in [-0.2, 0) is 16.1 Å². The van der Waals surface area contributed by atoms with Gasteiger partial charge >= 0.3 is 5.97 Å². The Morgan fingerprint density at radius 1 is 1.02 bits per heavy atom. The first-order valence-electron chi connectivity index (χ1n) is 15.3. The lowest BCUT2D eigenvalue weighted by Crippen LogP contribution is -2.40. The first kappa shape index (κ1) is 34.0. The molecule has 0 bridgehead atoms. The molecule has 2 heterocycles. The maximum Gasteiger partial charge on any atom is 0.338 e. The van der Waals surface area contributed by atoms with E-state index in [-0.39, 0.29) is 23.8 Å². The van der Waals surface area contributed by atoms with Crippen LogP contribution in [0.3, 0.4) is 0 Å². The molecule has 0 radical (unpaired) electrons. The van der Waals surface area contributed by atoms with Crippen molar-refractivity contribution in [3.05, 3.63) is 113 Å². The summed E-state index contributed by atoms with van der Waals surface area (Å²) in [4.78, 5) is 32.7. The van der Waals surface area contributed by atoms with Gasteiger partial charge in [0, 0.05) is 0 Å². The van der Waals surface area contributed by atoms with E-state index in [1.807, 2.05) is 69.3 Å². The molecule has 0 unspecified atom stereocenters. The third kappa shape index (κ3) is 7.47. The molecule has 4 aromatic rings. The molecular formula is C36H37BrN2O7S. The Labute approximate surface area is 285 Å². The van der Waals surface area contributed by atoms with Crippen LogP contribution < -0.4 is 33.8 Å². The molecule has 47 heavy (non-hydrogen) atoms. The minimum absolute atomic E-state index is 0.0718. The third-order valence-corrected chi connectivity index (χ3v) is 8.81. The first-order valence-corrected chi connectivity index (χ1v) is 16.9. The number of rotatable bonds is 12. The van der Waals surface area contributed by atoms with E-state index in [4.69, 9.17) is 28.7 Å². The Hall–Kier alpha value is -4.35. The van der Waals surface area contributed by atoms with Crippen LogP contribution in [0.15, 0.2) is 86.2 Å². The summed E-state index contributed by atoms with van der Waals surface area (Å²) in [6.07, 6.45) is 1.72. The van der Waals surface area contributed by atoms with Gasteiger partial charge in [-0.25, -0.2) is 9.79 Å². The number of ether oxygens (including phenoxy) is 5. The van der Waals surface area contributed by atoms with Crippen LogP contribution >= 0.6 is 27.3 Å². The van der Waals surface area contributed by atoms with Crippen LogP contribution in [0.2, 0.25) is 0 Å². The molecule has 0 aliphatic carbocycles. The van der Waals surface area contributed by atoms with Gasteiger partial charge in [-0.05, 0) is 97.6 Å². The average Bonchev–Trinajstić information content (AvgIpc) is 3.34. The number of hydrogen-bond acceptors (Lipinski definition) is 9. The maximum atomic E-state index is 14.2. The second-order valence-corrected chi connectivity index (χ2v) is 12.8. The molecule has 0 N–H and O–H groups in total. The lowest BCUT2D eigenvalue weighted by atomic mass is 9.95. The Kier molecular flexibility index (Phi) is 10.9. The summed E-state index contributed by atoms with van der Waals surface area (Å²) in [5, 5.41) is 0. The van der Waals surface area contributed by atoms with Crippen LogP contribution in [0.4, 0.5) is 0 Å². The monoisotopic (exact) mass is 720 g/mol. The predicted molar refractivity (Wildman–Crippen MR) is 185 cm³/mol. The van der Waals surface area contributed by atoms with E-state index < -0.39 is 12.0 Å². The fraction of sp³-hybridized carbons (Fsp3) is 0.306. The zero-order valence-corrected chi connectivity index (χ0v) is 29.6. The molecule has 1 aliphatic heterocycles. The molecule has 5 rings (SSSR count). The number of esters is 1. The molecule has 1 atom stereocenters. The van der Waals surface area contributed by atoms with Crippen molar-refractivity contribution in [3.8, 4) is 23.0 Å². The van der Waals surface area contributed by atoms with Crippen LogP contribution in [0.1, 0.15) is 57.4 Å². The van der Waals surface area contributed by atoms with Crippen LogP contribution in [0.25, 0.3) is 6.08 Å². The van der Waals surface area contributed by atoms with Crippen molar-refractivity contribution >= 4 is 39.3 Å². The minimum Gasteiger partial charge on any atom is -0.493 e. The quantitative estimate of drug-likeness (QED) is 0.158. The first-order chi connectivity index (χ1) is 22.6.